The van der Waals surface area contributed by atoms with Crippen molar-refractivity contribution < 1.29 is 23.4 Å². The molecule has 0 unspecified atom stereocenters. The Morgan fingerprint density at radius 2 is 1.92 bits per heavy atom. The second-order valence-electron chi connectivity index (χ2n) is 9.41. The highest BCUT2D eigenvalue weighted by atomic mass is 16.5. The molecule has 3 heterocycles. The zero-order valence-corrected chi connectivity index (χ0v) is 20.7. The van der Waals surface area contributed by atoms with Gasteiger partial charge in [-0.3, -0.25) is 9.69 Å². The van der Waals surface area contributed by atoms with E-state index in [-0.39, 0.29) is 12.1 Å². The molecule has 1 amide bonds. The smallest absolute Gasteiger partial charge is 0.295 e. The third-order valence-corrected chi connectivity index (χ3v) is 6.73. The molecule has 0 radical (unpaired) electrons. The maximum atomic E-state index is 11.7. The van der Waals surface area contributed by atoms with Crippen LogP contribution in [0.1, 0.15) is 48.5 Å². The fourth-order valence-electron chi connectivity index (χ4n) is 4.90. The lowest BCUT2D eigenvalue weighted by Crippen LogP contribution is -2.38. The van der Waals surface area contributed by atoms with E-state index in [1.54, 1.807) is 18.2 Å². The van der Waals surface area contributed by atoms with E-state index < -0.39 is 5.91 Å². The summed E-state index contributed by atoms with van der Waals surface area (Å²) >= 11 is 0. The summed E-state index contributed by atoms with van der Waals surface area (Å²) < 4.78 is 23.4. The highest BCUT2D eigenvalue weighted by molar-refractivity contribution is 6.03. The van der Waals surface area contributed by atoms with E-state index in [1.807, 2.05) is 13.0 Å². The van der Waals surface area contributed by atoms with Crippen molar-refractivity contribution in [2.45, 2.75) is 51.3 Å². The molecule has 0 bridgehead atoms. The minimum atomic E-state index is -0.511. The molecule has 2 fully saturated rings. The Morgan fingerprint density at radius 3 is 2.67 bits per heavy atom. The molecule has 0 saturated carbocycles. The molecule has 36 heavy (non-hydrogen) atoms. The Bertz CT molecular complexity index is 1180. The van der Waals surface area contributed by atoms with Gasteiger partial charge in [-0.2, -0.15) is 4.98 Å². The van der Waals surface area contributed by atoms with Crippen LogP contribution >= 0.6 is 0 Å². The molecule has 192 valence electrons. The van der Waals surface area contributed by atoms with Crippen LogP contribution in [0.15, 0.2) is 40.8 Å². The van der Waals surface area contributed by atoms with Crippen LogP contribution in [0.25, 0.3) is 11.1 Å². The third-order valence-electron chi connectivity index (χ3n) is 6.73. The van der Waals surface area contributed by atoms with Crippen molar-refractivity contribution in [3.8, 4) is 11.5 Å². The van der Waals surface area contributed by atoms with E-state index in [1.165, 1.54) is 5.56 Å². The van der Waals surface area contributed by atoms with Gasteiger partial charge < -0.3 is 29.7 Å². The van der Waals surface area contributed by atoms with Crippen molar-refractivity contribution >= 4 is 23.0 Å². The predicted molar refractivity (Wildman–Crippen MR) is 137 cm³/mol. The number of benzene rings is 2. The molecule has 2 aromatic carbocycles. The molecule has 0 atom stereocenters. The Balaban J connectivity index is 1.19. The maximum absolute atomic E-state index is 11.7. The number of fused-ring (bicyclic) bond motifs is 1. The molecule has 5 rings (SSSR count). The summed E-state index contributed by atoms with van der Waals surface area (Å²) in [7, 11) is 0. The van der Waals surface area contributed by atoms with E-state index in [9.17, 15) is 4.79 Å². The summed E-state index contributed by atoms with van der Waals surface area (Å²) in [5.74, 6) is 1.20. The molecule has 9 heteroatoms. The fraction of sp³-hybridized carbons (Fsp3) is 0.481. The number of para-hydroxylation sites is 1. The summed E-state index contributed by atoms with van der Waals surface area (Å²) in [5.41, 5.74) is 8.08. The summed E-state index contributed by atoms with van der Waals surface area (Å²) in [6.07, 6.45) is 3.93. The second-order valence-corrected chi connectivity index (χ2v) is 9.41. The van der Waals surface area contributed by atoms with Gasteiger partial charge in [0.2, 0.25) is 0 Å². The maximum Gasteiger partial charge on any atom is 0.295 e. The molecule has 0 aliphatic carbocycles. The molecule has 1 aromatic heterocycles. The average molecular weight is 495 g/mol. The molecule has 9 nitrogen and oxygen atoms in total. The Kier molecular flexibility index (Phi) is 7.58. The largest absolute Gasteiger partial charge is 0.494 e. The molecule has 2 saturated heterocycles. The first-order valence-corrected chi connectivity index (χ1v) is 12.8. The Hall–Kier alpha value is -3.30. The van der Waals surface area contributed by atoms with Crippen LogP contribution in [-0.2, 0) is 11.3 Å². The number of carbonyl (C=O) groups excluding carboxylic acids is 1. The lowest BCUT2D eigenvalue weighted by molar-refractivity contribution is 0.0254. The van der Waals surface area contributed by atoms with Crippen LogP contribution in [0, 0.1) is 0 Å². The first-order valence-electron chi connectivity index (χ1n) is 12.8. The number of likely N-dealkylation sites (tertiary alicyclic amines) is 1. The minimum Gasteiger partial charge on any atom is -0.494 e. The number of primary amides is 1. The van der Waals surface area contributed by atoms with Crippen LogP contribution in [-0.4, -0.2) is 60.8 Å². The van der Waals surface area contributed by atoms with Gasteiger partial charge >= 0.3 is 0 Å². The van der Waals surface area contributed by atoms with Gasteiger partial charge in [-0.25, -0.2) is 0 Å². The number of nitrogens with zero attached hydrogens (tertiary/aromatic N) is 2. The van der Waals surface area contributed by atoms with Crippen LogP contribution in [0.2, 0.25) is 0 Å². The first kappa shape index (κ1) is 24.4. The lowest BCUT2D eigenvalue weighted by atomic mass is 10.0. The average Bonchev–Trinajstić information content (AvgIpc) is 3.28. The number of anilines is 1. The number of nitrogens with one attached hydrogen (secondary N) is 1. The quantitative estimate of drug-likeness (QED) is 0.460. The van der Waals surface area contributed by atoms with Crippen LogP contribution in [0.3, 0.4) is 0 Å². The predicted octanol–water partition coefficient (Wildman–Crippen LogP) is 3.96. The third kappa shape index (κ3) is 5.91. The number of carbonyl (C=O) groups is 1. The number of piperidine rings is 1. The summed E-state index contributed by atoms with van der Waals surface area (Å²) in [5, 5.41) is 3.39. The molecule has 2 aliphatic rings. The number of hydrogen-bond donors (Lipinski definition) is 2. The van der Waals surface area contributed by atoms with Gasteiger partial charge in [0.25, 0.3) is 11.9 Å². The van der Waals surface area contributed by atoms with E-state index in [4.69, 9.17) is 24.4 Å². The van der Waals surface area contributed by atoms with Crippen molar-refractivity contribution in [3.63, 3.8) is 0 Å². The van der Waals surface area contributed by atoms with Crippen molar-refractivity contribution in [2.75, 3.05) is 38.2 Å². The lowest BCUT2D eigenvalue weighted by Gasteiger charge is -2.32. The van der Waals surface area contributed by atoms with E-state index in [0.717, 1.165) is 70.0 Å². The zero-order chi connectivity index (χ0) is 24.9. The van der Waals surface area contributed by atoms with Crippen LogP contribution < -0.4 is 20.5 Å². The van der Waals surface area contributed by atoms with E-state index in [2.05, 4.69) is 27.3 Å². The van der Waals surface area contributed by atoms with E-state index >= 15 is 0 Å². The second kappa shape index (κ2) is 11.2. The van der Waals surface area contributed by atoms with Crippen LogP contribution in [0.4, 0.5) is 6.01 Å². The monoisotopic (exact) mass is 494 g/mol. The Labute approximate surface area is 210 Å². The van der Waals surface area contributed by atoms with Crippen molar-refractivity contribution in [1.29, 1.82) is 0 Å². The first-order chi connectivity index (χ1) is 17.6. The molecule has 2 aliphatic heterocycles. The van der Waals surface area contributed by atoms with E-state index in [0.29, 0.717) is 29.3 Å². The summed E-state index contributed by atoms with van der Waals surface area (Å²) in [6.45, 7) is 6.84. The van der Waals surface area contributed by atoms with Crippen molar-refractivity contribution in [1.82, 2.24) is 9.88 Å². The highest BCUT2D eigenvalue weighted by Gasteiger charge is 2.22. The minimum absolute atomic E-state index is 0.191. The van der Waals surface area contributed by atoms with Gasteiger partial charge in [-0.05, 0) is 49.6 Å². The van der Waals surface area contributed by atoms with Gasteiger partial charge in [-0.1, -0.05) is 6.07 Å². The normalized spacial score (nSPS) is 17.8. The summed E-state index contributed by atoms with van der Waals surface area (Å²) in [4.78, 5) is 18.6. The van der Waals surface area contributed by atoms with Crippen LogP contribution in [0.5, 0.6) is 11.5 Å². The molecular weight excluding hydrogens is 460 g/mol. The number of aromatic nitrogens is 1. The molecule has 3 aromatic rings. The number of nitrogens with two attached hydrogens (primary N) is 1. The van der Waals surface area contributed by atoms with Gasteiger partial charge in [0.1, 0.15) is 23.1 Å². The Morgan fingerprint density at radius 1 is 1.14 bits per heavy atom. The fourth-order valence-corrected chi connectivity index (χ4v) is 4.90. The van der Waals surface area contributed by atoms with Crippen molar-refractivity contribution in [3.05, 3.63) is 47.5 Å². The zero-order valence-electron chi connectivity index (χ0n) is 20.7. The van der Waals surface area contributed by atoms with Gasteiger partial charge in [0, 0.05) is 44.6 Å². The van der Waals surface area contributed by atoms with Gasteiger partial charge in [0.05, 0.1) is 25.4 Å². The number of amides is 1. The van der Waals surface area contributed by atoms with Gasteiger partial charge in [0.15, 0.2) is 5.58 Å². The highest BCUT2D eigenvalue weighted by Crippen LogP contribution is 2.28. The summed E-state index contributed by atoms with van der Waals surface area (Å²) in [6, 6.07) is 12.1. The number of hydrogen-bond acceptors (Lipinski definition) is 8. The molecular formula is C27H34N4O5. The SMILES string of the molecule is CCOc1cc(CN2CCC(Nc3nc4c(C(N)=O)cccc4o3)CC2)cc(OC2CCOCC2)c1. The van der Waals surface area contributed by atoms with Gasteiger partial charge in [-0.15, -0.1) is 0 Å². The topological polar surface area (TPSA) is 112 Å². The number of oxazole rings is 1. The van der Waals surface area contributed by atoms with Crippen molar-refractivity contribution in [2.24, 2.45) is 5.73 Å². The standard InChI is InChI=1S/C27H34N4O5/c1-2-34-21-14-18(15-22(16-21)35-20-8-12-33-13-9-20)17-31-10-6-19(7-11-31)29-27-30-25-23(26(28)32)4-3-5-24(25)36-27/h3-5,14-16,19-20H,2,6-13,17H2,1H3,(H2,28,32)(H,29,30). The molecule has 0 spiro atoms. The molecule has 3 N–H and O–H groups in total. The number of ether oxygens (including phenoxy) is 3. The number of rotatable bonds is 9.